The second-order valence-electron chi connectivity index (χ2n) is 7.95. The molecule has 3 aromatic carbocycles. The van der Waals surface area contributed by atoms with Crippen molar-refractivity contribution >= 4 is 23.2 Å². The third kappa shape index (κ3) is 5.15. The summed E-state index contributed by atoms with van der Waals surface area (Å²) in [6.07, 6.45) is 2.18. The molecule has 4 heteroatoms. The van der Waals surface area contributed by atoms with Crippen molar-refractivity contribution in [3.05, 3.63) is 95.6 Å². The summed E-state index contributed by atoms with van der Waals surface area (Å²) in [5.74, 6) is 0.225. The Labute approximate surface area is 177 Å². The number of rotatable bonds is 7. The first-order valence-electron chi connectivity index (χ1n) is 10.4. The highest BCUT2D eigenvalue weighted by molar-refractivity contribution is 5.97. The van der Waals surface area contributed by atoms with Crippen molar-refractivity contribution in [1.29, 1.82) is 0 Å². The lowest BCUT2D eigenvalue weighted by Crippen LogP contribution is -2.31. The number of nitrogens with zero attached hydrogens (tertiary/aromatic N) is 1. The van der Waals surface area contributed by atoms with Crippen LogP contribution in [-0.4, -0.2) is 11.8 Å². The van der Waals surface area contributed by atoms with E-state index in [1.54, 1.807) is 0 Å². The van der Waals surface area contributed by atoms with Crippen molar-refractivity contribution in [2.45, 2.75) is 32.7 Å². The SMILES string of the molecule is Cc1cccc(NC(=O)Cc2cccc(N(Cc3ccccc3)C(=O)C3CC3)c2)c1. The fourth-order valence-electron chi connectivity index (χ4n) is 3.56. The van der Waals surface area contributed by atoms with Gasteiger partial charge in [-0.2, -0.15) is 0 Å². The Morgan fingerprint density at radius 3 is 2.37 bits per heavy atom. The molecule has 3 aromatic rings. The predicted octanol–water partition coefficient (Wildman–Crippen LogP) is 5.12. The minimum absolute atomic E-state index is 0.0686. The Kier molecular flexibility index (Phi) is 5.94. The van der Waals surface area contributed by atoms with Crippen molar-refractivity contribution in [2.24, 2.45) is 5.92 Å². The zero-order chi connectivity index (χ0) is 20.9. The van der Waals surface area contributed by atoms with E-state index in [1.165, 1.54) is 0 Å². The van der Waals surface area contributed by atoms with Crippen LogP contribution in [0, 0.1) is 12.8 Å². The van der Waals surface area contributed by atoms with Crippen LogP contribution in [0.4, 0.5) is 11.4 Å². The van der Waals surface area contributed by atoms with Crippen LogP contribution in [0.5, 0.6) is 0 Å². The molecule has 0 aromatic heterocycles. The normalized spacial score (nSPS) is 13.0. The minimum atomic E-state index is -0.0686. The van der Waals surface area contributed by atoms with Crippen LogP contribution in [0.3, 0.4) is 0 Å². The van der Waals surface area contributed by atoms with Crippen molar-refractivity contribution in [2.75, 3.05) is 10.2 Å². The van der Waals surface area contributed by atoms with Gasteiger partial charge >= 0.3 is 0 Å². The Balaban J connectivity index is 1.50. The van der Waals surface area contributed by atoms with Gasteiger partial charge in [0.05, 0.1) is 13.0 Å². The molecule has 1 fully saturated rings. The molecule has 0 spiro atoms. The van der Waals surface area contributed by atoms with Crippen LogP contribution in [0.1, 0.15) is 29.5 Å². The van der Waals surface area contributed by atoms with Crippen LogP contribution in [-0.2, 0) is 22.6 Å². The van der Waals surface area contributed by atoms with E-state index in [1.807, 2.05) is 90.7 Å². The Morgan fingerprint density at radius 2 is 1.63 bits per heavy atom. The summed E-state index contributed by atoms with van der Waals surface area (Å²) in [5, 5.41) is 2.95. The van der Waals surface area contributed by atoms with Crippen molar-refractivity contribution in [1.82, 2.24) is 0 Å². The van der Waals surface area contributed by atoms with Gasteiger partial charge in [0.1, 0.15) is 0 Å². The van der Waals surface area contributed by atoms with Gasteiger partial charge in [-0.1, -0.05) is 54.6 Å². The van der Waals surface area contributed by atoms with Gasteiger partial charge < -0.3 is 10.2 Å². The van der Waals surface area contributed by atoms with Crippen LogP contribution in [0.15, 0.2) is 78.9 Å². The van der Waals surface area contributed by atoms with Crippen LogP contribution >= 0.6 is 0 Å². The molecule has 0 aliphatic heterocycles. The number of aryl methyl sites for hydroxylation is 1. The molecule has 1 aliphatic rings. The highest BCUT2D eigenvalue weighted by Gasteiger charge is 2.34. The third-order valence-electron chi connectivity index (χ3n) is 5.26. The smallest absolute Gasteiger partial charge is 0.230 e. The number of hydrogen-bond acceptors (Lipinski definition) is 2. The molecule has 1 aliphatic carbocycles. The zero-order valence-electron chi connectivity index (χ0n) is 17.2. The molecule has 1 N–H and O–H groups in total. The number of carbonyl (C=O) groups is 2. The highest BCUT2D eigenvalue weighted by atomic mass is 16.2. The molecular weight excluding hydrogens is 372 g/mol. The number of carbonyl (C=O) groups excluding carboxylic acids is 2. The van der Waals surface area contributed by atoms with Gasteiger partial charge in [-0.15, -0.1) is 0 Å². The maximum absolute atomic E-state index is 13.0. The van der Waals surface area contributed by atoms with Gasteiger partial charge in [0.2, 0.25) is 11.8 Å². The van der Waals surface area contributed by atoms with Crippen LogP contribution < -0.4 is 10.2 Å². The molecule has 152 valence electrons. The topological polar surface area (TPSA) is 49.4 Å². The molecule has 4 rings (SSSR count). The van der Waals surface area contributed by atoms with Gasteiger partial charge in [-0.05, 0) is 60.7 Å². The lowest BCUT2D eigenvalue weighted by molar-refractivity contribution is -0.120. The molecule has 2 amide bonds. The van der Waals surface area contributed by atoms with Gasteiger partial charge in [0.15, 0.2) is 0 Å². The van der Waals surface area contributed by atoms with Crippen molar-refractivity contribution in [3.63, 3.8) is 0 Å². The Hall–Kier alpha value is -3.40. The first kappa shape index (κ1) is 19.9. The second kappa shape index (κ2) is 8.95. The van der Waals surface area contributed by atoms with Gasteiger partial charge in [-0.25, -0.2) is 0 Å². The van der Waals surface area contributed by atoms with Crippen LogP contribution in [0.2, 0.25) is 0 Å². The fourth-order valence-corrected chi connectivity index (χ4v) is 3.56. The maximum atomic E-state index is 13.0. The summed E-state index contributed by atoms with van der Waals surface area (Å²) in [6, 6.07) is 25.5. The molecule has 0 unspecified atom stereocenters. The summed E-state index contributed by atoms with van der Waals surface area (Å²) < 4.78 is 0. The van der Waals surface area contributed by atoms with Crippen LogP contribution in [0.25, 0.3) is 0 Å². The van der Waals surface area contributed by atoms with E-state index < -0.39 is 0 Å². The molecule has 0 bridgehead atoms. The number of anilines is 2. The van der Waals surface area contributed by atoms with Gasteiger partial charge in [0, 0.05) is 17.3 Å². The van der Waals surface area contributed by atoms with E-state index >= 15 is 0 Å². The fraction of sp³-hybridized carbons (Fsp3) is 0.231. The molecule has 4 nitrogen and oxygen atoms in total. The van der Waals surface area contributed by atoms with Crippen molar-refractivity contribution < 1.29 is 9.59 Å². The average Bonchev–Trinajstić information content (AvgIpc) is 3.58. The number of benzene rings is 3. The average molecular weight is 399 g/mol. The highest BCUT2D eigenvalue weighted by Crippen LogP contribution is 2.33. The number of amides is 2. The first-order chi connectivity index (χ1) is 14.6. The van der Waals surface area contributed by atoms with E-state index in [-0.39, 0.29) is 24.2 Å². The maximum Gasteiger partial charge on any atom is 0.230 e. The quantitative estimate of drug-likeness (QED) is 0.601. The molecule has 30 heavy (non-hydrogen) atoms. The lowest BCUT2D eigenvalue weighted by Gasteiger charge is -2.24. The third-order valence-corrected chi connectivity index (χ3v) is 5.26. The number of nitrogens with one attached hydrogen (secondary N) is 1. The Bertz CT molecular complexity index is 1040. The summed E-state index contributed by atoms with van der Waals surface area (Å²) in [6.45, 7) is 2.53. The van der Waals surface area contributed by atoms with E-state index in [2.05, 4.69) is 5.32 Å². The van der Waals surface area contributed by atoms with Crippen molar-refractivity contribution in [3.8, 4) is 0 Å². The minimum Gasteiger partial charge on any atom is -0.326 e. The van der Waals surface area contributed by atoms with Gasteiger partial charge in [-0.3, -0.25) is 9.59 Å². The summed E-state index contributed by atoms with van der Waals surface area (Å²) in [5.41, 5.74) is 4.72. The van der Waals surface area contributed by atoms with E-state index in [9.17, 15) is 9.59 Å². The number of hydrogen-bond donors (Lipinski definition) is 1. The second-order valence-corrected chi connectivity index (χ2v) is 7.95. The first-order valence-corrected chi connectivity index (χ1v) is 10.4. The predicted molar refractivity (Wildman–Crippen MR) is 120 cm³/mol. The van der Waals surface area contributed by atoms with E-state index in [0.29, 0.717) is 6.54 Å². The standard InChI is InChI=1S/C26H26N2O2/c1-19-7-5-11-23(15-19)27-25(29)17-21-10-6-12-24(16-21)28(26(30)22-13-14-22)18-20-8-3-2-4-9-20/h2-12,15-16,22H,13-14,17-18H2,1H3,(H,27,29). The molecule has 1 saturated carbocycles. The van der Waals surface area contributed by atoms with E-state index in [0.717, 1.165) is 40.9 Å². The Morgan fingerprint density at radius 1 is 0.900 bits per heavy atom. The monoisotopic (exact) mass is 398 g/mol. The molecule has 0 heterocycles. The lowest BCUT2D eigenvalue weighted by atomic mass is 10.1. The summed E-state index contributed by atoms with van der Waals surface area (Å²) >= 11 is 0. The summed E-state index contributed by atoms with van der Waals surface area (Å²) in [4.78, 5) is 27.3. The summed E-state index contributed by atoms with van der Waals surface area (Å²) in [7, 11) is 0. The van der Waals surface area contributed by atoms with Gasteiger partial charge in [0.25, 0.3) is 0 Å². The molecule has 0 saturated heterocycles. The largest absolute Gasteiger partial charge is 0.326 e. The molecular formula is C26H26N2O2. The van der Waals surface area contributed by atoms with E-state index in [4.69, 9.17) is 0 Å². The zero-order valence-corrected chi connectivity index (χ0v) is 17.2. The molecule has 0 atom stereocenters. The molecule has 0 radical (unpaired) electrons.